The first-order valence-electron chi connectivity index (χ1n) is 11.7. The summed E-state index contributed by atoms with van der Waals surface area (Å²) in [6.45, 7) is 7.37. The van der Waals surface area contributed by atoms with Crippen LogP contribution in [0.25, 0.3) is 0 Å². The summed E-state index contributed by atoms with van der Waals surface area (Å²) in [7, 11) is 0. The van der Waals surface area contributed by atoms with E-state index >= 15 is 0 Å². The third-order valence-electron chi connectivity index (χ3n) is 7.22. The van der Waals surface area contributed by atoms with Crippen molar-refractivity contribution in [2.75, 3.05) is 6.61 Å². The molecule has 1 heteroatoms. The molecule has 2 aliphatic carbocycles. The Kier molecular flexibility index (Phi) is 8.86. The van der Waals surface area contributed by atoms with Gasteiger partial charge in [-0.1, -0.05) is 42.5 Å². The highest BCUT2D eigenvalue weighted by atomic mass is 16.5. The molecule has 2 aliphatic rings. The summed E-state index contributed by atoms with van der Waals surface area (Å²) in [5.74, 6) is 3.75. The highest BCUT2D eigenvalue weighted by molar-refractivity contribution is 5.25. The minimum absolute atomic E-state index is 0.720. The Labute approximate surface area is 173 Å². The van der Waals surface area contributed by atoms with Gasteiger partial charge in [0, 0.05) is 0 Å². The molecule has 1 aromatic rings. The van der Waals surface area contributed by atoms with Crippen LogP contribution in [0.5, 0.6) is 0 Å². The Morgan fingerprint density at radius 3 is 2.18 bits per heavy atom. The Bertz CT molecular complexity index is 583. The van der Waals surface area contributed by atoms with E-state index < -0.39 is 0 Å². The Morgan fingerprint density at radius 1 is 0.929 bits per heavy atom. The van der Waals surface area contributed by atoms with Gasteiger partial charge in [0.25, 0.3) is 0 Å². The molecular formula is C27H40O. The maximum atomic E-state index is 5.68. The van der Waals surface area contributed by atoms with Crippen LogP contribution in [0.4, 0.5) is 0 Å². The zero-order valence-electron chi connectivity index (χ0n) is 18.0. The van der Waals surface area contributed by atoms with Crippen molar-refractivity contribution in [2.24, 2.45) is 17.8 Å². The van der Waals surface area contributed by atoms with Crippen LogP contribution in [0.1, 0.15) is 88.2 Å². The van der Waals surface area contributed by atoms with E-state index in [-0.39, 0.29) is 0 Å². The normalized spacial score (nSPS) is 28.5. The first-order chi connectivity index (χ1) is 13.8. The van der Waals surface area contributed by atoms with Gasteiger partial charge in [0.1, 0.15) is 0 Å². The quantitative estimate of drug-likeness (QED) is 0.313. The summed E-state index contributed by atoms with van der Waals surface area (Å²) < 4.78 is 5.68. The van der Waals surface area contributed by atoms with E-state index in [1.807, 2.05) is 6.08 Å². The second-order valence-corrected chi connectivity index (χ2v) is 9.07. The maximum Gasteiger partial charge on any atom is 0.0717 e. The SMILES string of the molecule is C=CCCOCc1ccc([C@H]2CC[C@H]([C@H]3CC[C@H](CC=CC)CC3)CC2)cc1. The van der Waals surface area contributed by atoms with Gasteiger partial charge in [-0.15, -0.1) is 6.58 Å². The smallest absolute Gasteiger partial charge is 0.0717 e. The van der Waals surface area contributed by atoms with Crippen molar-refractivity contribution < 1.29 is 4.74 Å². The largest absolute Gasteiger partial charge is 0.376 e. The van der Waals surface area contributed by atoms with E-state index in [1.165, 1.54) is 63.4 Å². The number of benzene rings is 1. The highest BCUT2D eigenvalue weighted by Gasteiger charge is 2.30. The minimum Gasteiger partial charge on any atom is -0.376 e. The fourth-order valence-electron chi connectivity index (χ4n) is 5.39. The van der Waals surface area contributed by atoms with Crippen LogP contribution < -0.4 is 0 Å². The molecule has 0 spiro atoms. The summed E-state index contributed by atoms with van der Waals surface area (Å²) >= 11 is 0. The lowest BCUT2D eigenvalue weighted by atomic mass is 9.68. The highest BCUT2D eigenvalue weighted by Crippen LogP contribution is 2.44. The van der Waals surface area contributed by atoms with E-state index in [9.17, 15) is 0 Å². The lowest BCUT2D eigenvalue weighted by molar-refractivity contribution is 0.125. The third kappa shape index (κ3) is 6.34. The first kappa shape index (κ1) is 21.4. The molecule has 1 aromatic carbocycles. The van der Waals surface area contributed by atoms with Gasteiger partial charge in [0.15, 0.2) is 0 Å². The summed E-state index contributed by atoms with van der Waals surface area (Å²) in [4.78, 5) is 0. The molecule has 0 N–H and O–H groups in total. The third-order valence-corrected chi connectivity index (χ3v) is 7.22. The molecule has 0 heterocycles. The number of allylic oxidation sites excluding steroid dienone is 2. The molecule has 0 bridgehead atoms. The van der Waals surface area contributed by atoms with E-state index in [4.69, 9.17) is 4.74 Å². The molecule has 154 valence electrons. The Morgan fingerprint density at radius 2 is 1.57 bits per heavy atom. The molecule has 2 fully saturated rings. The lowest BCUT2D eigenvalue weighted by Crippen LogP contribution is -2.25. The molecule has 3 rings (SSSR count). The fraction of sp³-hybridized carbons (Fsp3) is 0.630. The van der Waals surface area contributed by atoms with Gasteiger partial charge in [-0.2, -0.15) is 0 Å². The molecule has 0 aliphatic heterocycles. The fourth-order valence-corrected chi connectivity index (χ4v) is 5.39. The summed E-state index contributed by atoms with van der Waals surface area (Å²) in [5, 5.41) is 0. The van der Waals surface area contributed by atoms with Gasteiger partial charge in [-0.3, -0.25) is 0 Å². The molecule has 0 aromatic heterocycles. The minimum atomic E-state index is 0.720. The van der Waals surface area contributed by atoms with Gasteiger partial charge in [-0.05, 0) is 106 Å². The van der Waals surface area contributed by atoms with Gasteiger partial charge in [0.05, 0.1) is 13.2 Å². The van der Waals surface area contributed by atoms with Crippen molar-refractivity contribution in [2.45, 2.75) is 83.7 Å². The zero-order chi connectivity index (χ0) is 19.6. The average molecular weight is 381 g/mol. The van der Waals surface area contributed by atoms with E-state index in [1.54, 1.807) is 5.56 Å². The van der Waals surface area contributed by atoms with Crippen molar-refractivity contribution in [3.63, 3.8) is 0 Å². The second kappa shape index (κ2) is 11.6. The molecule has 0 atom stereocenters. The van der Waals surface area contributed by atoms with Crippen molar-refractivity contribution >= 4 is 0 Å². The van der Waals surface area contributed by atoms with E-state index in [0.29, 0.717) is 0 Å². The Balaban J connectivity index is 1.40. The molecule has 0 radical (unpaired) electrons. The molecular weight excluding hydrogens is 340 g/mol. The molecule has 0 unspecified atom stereocenters. The lowest BCUT2D eigenvalue weighted by Gasteiger charge is -2.38. The summed E-state index contributed by atoms with van der Waals surface area (Å²) in [5.41, 5.74) is 2.83. The van der Waals surface area contributed by atoms with Crippen LogP contribution in [0, 0.1) is 17.8 Å². The Hall–Kier alpha value is -1.34. The topological polar surface area (TPSA) is 9.23 Å². The first-order valence-corrected chi connectivity index (χ1v) is 11.7. The van der Waals surface area contributed by atoms with Crippen LogP contribution in [0.15, 0.2) is 49.1 Å². The second-order valence-electron chi connectivity index (χ2n) is 9.07. The van der Waals surface area contributed by atoms with Gasteiger partial charge in [0.2, 0.25) is 0 Å². The maximum absolute atomic E-state index is 5.68. The molecule has 0 saturated heterocycles. The molecule has 0 amide bonds. The van der Waals surface area contributed by atoms with Crippen molar-refractivity contribution in [1.82, 2.24) is 0 Å². The van der Waals surface area contributed by atoms with Crippen molar-refractivity contribution in [3.8, 4) is 0 Å². The van der Waals surface area contributed by atoms with Gasteiger partial charge >= 0.3 is 0 Å². The van der Waals surface area contributed by atoms with Crippen LogP contribution >= 0.6 is 0 Å². The van der Waals surface area contributed by atoms with E-state index in [0.717, 1.165) is 43.3 Å². The van der Waals surface area contributed by atoms with Gasteiger partial charge < -0.3 is 4.74 Å². The van der Waals surface area contributed by atoms with Crippen molar-refractivity contribution in [3.05, 3.63) is 60.2 Å². The standard InChI is InChI=1S/C27H40O/c1-3-5-7-22-8-12-24(13-9-22)26-16-18-27(19-17-26)25-14-10-23(11-15-25)21-28-20-6-4-2/h3-5,10-11,14-15,22,24,26-27H,2,6-9,12-13,16-21H2,1H3/t22-,24-,26-,27-. The average Bonchev–Trinajstić information content (AvgIpc) is 2.76. The number of hydrogen-bond acceptors (Lipinski definition) is 1. The summed E-state index contributed by atoms with van der Waals surface area (Å²) in [6, 6.07) is 9.23. The van der Waals surface area contributed by atoms with Crippen LogP contribution in [0.2, 0.25) is 0 Å². The van der Waals surface area contributed by atoms with Gasteiger partial charge in [-0.25, -0.2) is 0 Å². The number of rotatable bonds is 9. The predicted molar refractivity (Wildman–Crippen MR) is 120 cm³/mol. The van der Waals surface area contributed by atoms with E-state index in [2.05, 4.69) is 49.9 Å². The molecule has 2 saturated carbocycles. The van der Waals surface area contributed by atoms with Crippen LogP contribution in [-0.2, 0) is 11.3 Å². The zero-order valence-corrected chi connectivity index (χ0v) is 18.0. The number of hydrogen-bond donors (Lipinski definition) is 0. The monoisotopic (exact) mass is 380 g/mol. The van der Waals surface area contributed by atoms with Crippen LogP contribution in [-0.4, -0.2) is 6.61 Å². The van der Waals surface area contributed by atoms with Crippen LogP contribution in [0.3, 0.4) is 0 Å². The summed E-state index contributed by atoms with van der Waals surface area (Å²) in [6.07, 6.45) is 20.3. The molecule has 1 nitrogen and oxygen atoms in total. The van der Waals surface area contributed by atoms with Crippen molar-refractivity contribution in [1.29, 1.82) is 0 Å². The predicted octanol–water partition coefficient (Wildman–Crippen LogP) is 7.83. The number of ether oxygens (including phenoxy) is 1. The molecule has 28 heavy (non-hydrogen) atoms.